The molecule has 28 heavy (non-hydrogen) atoms. The second-order valence-electron chi connectivity index (χ2n) is 8.19. The average molecular weight is 376 g/mol. The van der Waals surface area contributed by atoms with Crippen LogP contribution in [0.2, 0.25) is 0 Å². The van der Waals surface area contributed by atoms with Crippen LogP contribution in [0.1, 0.15) is 40.4 Å². The number of aromatic nitrogens is 2. The van der Waals surface area contributed by atoms with E-state index < -0.39 is 18.3 Å². The Morgan fingerprint density at radius 1 is 0.964 bits per heavy atom. The Balaban J connectivity index is 1.97. The van der Waals surface area contributed by atoms with Crippen molar-refractivity contribution in [3.05, 3.63) is 64.7 Å². The average Bonchev–Trinajstić information content (AvgIpc) is 2.89. The van der Waals surface area contributed by atoms with E-state index in [1.807, 2.05) is 83.1 Å². The molecular weight excluding hydrogens is 351 g/mol. The van der Waals surface area contributed by atoms with Gasteiger partial charge in [0.05, 0.1) is 27.8 Å². The molecule has 0 radical (unpaired) electrons. The van der Waals surface area contributed by atoms with Gasteiger partial charge in [-0.25, -0.2) is 4.98 Å². The number of rotatable bonds is 3. The summed E-state index contributed by atoms with van der Waals surface area (Å²) in [4.78, 5) is 18.4. The molecule has 1 aliphatic rings. The summed E-state index contributed by atoms with van der Waals surface area (Å²) in [5.74, 6) is 0.731. The molecule has 1 aliphatic heterocycles. The molecule has 0 unspecified atom stereocenters. The Morgan fingerprint density at radius 3 is 2.21 bits per heavy atom. The van der Waals surface area contributed by atoms with Crippen LogP contribution in [-0.4, -0.2) is 27.9 Å². The summed E-state index contributed by atoms with van der Waals surface area (Å²) in [5, 5.41) is 0.544. The van der Waals surface area contributed by atoms with Gasteiger partial charge in [0, 0.05) is 6.42 Å². The molecule has 0 spiro atoms. The minimum atomic E-state index is -0.611. The van der Waals surface area contributed by atoms with Gasteiger partial charge in [0.1, 0.15) is 5.82 Å². The molecule has 1 aromatic heterocycles. The lowest BCUT2D eigenvalue weighted by molar-refractivity contribution is 0.00578. The van der Waals surface area contributed by atoms with E-state index in [1.54, 1.807) is 4.57 Å². The van der Waals surface area contributed by atoms with Crippen molar-refractivity contribution in [1.29, 1.82) is 0 Å². The van der Waals surface area contributed by atoms with Crippen molar-refractivity contribution in [2.75, 3.05) is 0 Å². The number of aryl methyl sites for hydroxylation is 1. The van der Waals surface area contributed by atoms with Crippen LogP contribution < -0.4 is 11.0 Å². The quantitative estimate of drug-likeness (QED) is 0.659. The fourth-order valence-corrected chi connectivity index (χ4v) is 3.55. The van der Waals surface area contributed by atoms with E-state index in [2.05, 4.69) is 0 Å². The maximum absolute atomic E-state index is 13.6. The highest BCUT2D eigenvalue weighted by Gasteiger charge is 2.52. The fourth-order valence-electron chi connectivity index (χ4n) is 3.55. The molecule has 5 nitrogen and oxygen atoms in total. The van der Waals surface area contributed by atoms with Crippen molar-refractivity contribution in [2.45, 2.75) is 52.2 Å². The van der Waals surface area contributed by atoms with Gasteiger partial charge in [-0.3, -0.25) is 9.36 Å². The van der Waals surface area contributed by atoms with Crippen molar-refractivity contribution >= 4 is 23.5 Å². The highest BCUT2D eigenvalue weighted by molar-refractivity contribution is 6.65. The predicted octanol–water partition coefficient (Wildman–Crippen LogP) is 3.25. The highest BCUT2D eigenvalue weighted by atomic mass is 16.7. The molecule has 2 aromatic carbocycles. The van der Waals surface area contributed by atoms with Crippen molar-refractivity contribution in [1.82, 2.24) is 9.55 Å². The first-order valence-electron chi connectivity index (χ1n) is 9.71. The van der Waals surface area contributed by atoms with E-state index in [4.69, 9.17) is 14.3 Å². The summed E-state index contributed by atoms with van der Waals surface area (Å²) in [6, 6.07) is 15.3. The lowest BCUT2D eigenvalue weighted by atomic mass is 9.77. The van der Waals surface area contributed by atoms with Gasteiger partial charge in [0.15, 0.2) is 0 Å². The van der Waals surface area contributed by atoms with Crippen molar-refractivity contribution in [3.8, 4) is 5.69 Å². The Kier molecular flexibility index (Phi) is 4.44. The zero-order valence-corrected chi connectivity index (χ0v) is 17.0. The first-order valence-corrected chi connectivity index (χ1v) is 9.71. The van der Waals surface area contributed by atoms with Crippen molar-refractivity contribution in [2.24, 2.45) is 0 Å². The standard InChI is InChI=1S/C22H25BN2O3/c1-6-18-24-17-14-10-13-16(23-27-21(2,3)22(4,5)28-23)19(17)20(26)25(18)15-11-8-7-9-12-15/h7-14H,6H2,1-5H3. The van der Waals surface area contributed by atoms with Crippen LogP contribution in [0.5, 0.6) is 0 Å². The molecule has 0 atom stereocenters. The second kappa shape index (κ2) is 6.57. The smallest absolute Gasteiger partial charge is 0.399 e. The number of nitrogens with zero attached hydrogens (tertiary/aromatic N) is 2. The van der Waals surface area contributed by atoms with Crippen molar-refractivity contribution < 1.29 is 9.31 Å². The van der Waals surface area contributed by atoms with Gasteiger partial charge in [0.2, 0.25) is 0 Å². The molecule has 6 heteroatoms. The molecule has 2 heterocycles. The third-order valence-electron chi connectivity index (χ3n) is 5.84. The molecular formula is C22H25BN2O3. The molecule has 0 N–H and O–H groups in total. The summed E-state index contributed by atoms with van der Waals surface area (Å²) in [6.45, 7) is 10.0. The van der Waals surface area contributed by atoms with Crippen LogP contribution >= 0.6 is 0 Å². The van der Waals surface area contributed by atoms with Gasteiger partial charge in [-0.05, 0) is 51.4 Å². The Morgan fingerprint density at radius 2 is 1.61 bits per heavy atom. The van der Waals surface area contributed by atoms with Gasteiger partial charge in [-0.2, -0.15) is 0 Å². The topological polar surface area (TPSA) is 53.4 Å². The van der Waals surface area contributed by atoms with E-state index in [-0.39, 0.29) is 5.56 Å². The van der Waals surface area contributed by atoms with E-state index >= 15 is 0 Å². The first kappa shape index (κ1) is 18.9. The van der Waals surface area contributed by atoms with Crippen LogP contribution in [-0.2, 0) is 15.7 Å². The molecule has 0 saturated carbocycles. The summed E-state index contributed by atoms with van der Waals surface area (Å²) < 4.78 is 14.1. The van der Waals surface area contributed by atoms with Crippen LogP contribution in [0.4, 0.5) is 0 Å². The maximum atomic E-state index is 13.6. The van der Waals surface area contributed by atoms with E-state index in [0.717, 1.165) is 17.0 Å². The van der Waals surface area contributed by atoms with E-state index in [1.165, 1.54) is 0 Å². The van der Waals surface area contributed by atoms with Crippen LogP contribution in [0.3, 0.4) is 0 Å². The largest absolute Gasteiger partial charge is 0.495 e. The van der Waals surface area contributed by atoms with E-state index in [0.29, 0.717) is 17.3 Å². The van der Waals surface area contributed by atoms with Crippen molar-refractivity contribution in [3.63, 3.8) is 0 Å². The predicted molar refractivity (Wildman–Crippen MR) is 112 cm³/mol. The summed E-state index contributed by atoms with van der Waals surface area (Å²) in [7, 11) is -0.611. The molecule has 4 rings (SSSR count). The summed E-state index contributed by atoms with van der Waals surface area (Å²) in [6.07, 6.45) is 0.654. The Bertz CT molecular complexity index is 1070. The number of hydrogen-bond donors (Lipinski definition) is 0. The SMILES string of the molecule is CCc1nc2cccc(B3OC(C)(C)C(C)(C)O3)c2c(=O)n1-c1ccccc1. The fraction of sp³-hybridized carbons (Fsp3) is 0.364. The molecule has 1 fully saturated rings. The van der Waals surface area contributed by atoms with Gasteiger partial charge in [-0.1, -0.05) is 37.3 Å². The maximum Gasteiger partial charge on any atom is 0.495 e. The summed E-state index contributed by atoms with van der Waals surface area (Å²) >= 11 is 0. The minimum Gasteiger partial charge on any atom is -0.399 e. The number of hydrogen-bond acceptors (Lipinski definition) is 4. The highest BCUT2D eigenvalue weighted by Crippen LogP contribution is 2.36. The Labute approximate surface area is 165 Å². The van der Waals surface area contributed by atoms with Gasteiger partial charge in [0.25, 0.3) is 5.56 Å². The number of fused-ring (bicyclic) bond motifs is 1. The third kappa shape index (κ3) is 2.88. The van der Waals surface area contributed by atoms with Gasteiger partial charge in [-0.15, -0.1) is 0 Å². The Hall–Kier alpha value is -2.44. The second-order valence-corrected chi connectivity index (χ2v) is 8.19. The molecule has 0 bridgehead atoms. The zero-order valence-electron chi connectivity index (χ0n) is 17.0. The molecule has 1 saturated heterocycles. The molecule has 0 aliphatic carbocycles. The van der Waals surface area contributed by atoms with Gasteiger partial charge < -0.3 is 9.31 Å². The zero-order chi connectivity index (χ0) is 20.1. The van der Waals surface area contributed by atoms with Crippen LogP contribution in [0, 0.1) is 0 Å². The third-order valence-corrected chi connectivity index (χ3v) is 5.84. The van der Waals surface area contributed by atoms with Crippen LogP contribution in [0.25, 0.3) is 16.6 Å². The number of para-hydroxylation sites is 1. The van der Waals surface area contributed by atoms with Gasteiger partial charge >= 0.3 is 7.12 Å². The van der Waals surface area contributed by atoms with E-state index in [9.17, 15) is 4.79 Å². The monoisotopic (exact) mass is 376 g/mol. The molecule has 144 valence electrons. The summed E-state index contributed by atoms with van der Waals surface area (Å²) in [5.41, 5.74) is 1.15. The molecule has 0 amide bonds. The number of benzene rings is 2. The lowest BCUT2D eigenvalue weighted by Crippen LogP contribution is -2.41. The minimum absolute atomic E-state index is 0.0987. The normalized spacial score (nSPS) is 18.0. The first-order chi connectivity index (χ1) is 13.2. The molecule has 3 aromatic rings. The lowest BCUT2D eigenvalue weighted by Gasteiger charge is -2.32. The van der Waals surface area contributed by atoms with Crippen LogP contribution in [0.15, 0.2) is 53.3 Å².